The Hall–Kier alpha value is 0.410. The number of alkyl halides is 2. The number of hydrogen-bond acceptors (Lipinski definition) is 0. The van der Waals surface area contributed by atoms with Gasteiger partial charge in [0.25, 0.3) is 0 Å². The molecule has 0 bridgehead atoms. The number of rotatable bonds is 2. The highest BCUT2D eigenvalue weighted by Crippen LogP contribution is 2.23. The van der Waals surface area contributed by atoms with Gasteiger partial charge in [-0.2, -0.15) is 0 Å². The van der Waals surface area contributed by atoms with Gasteiger partial charge in [-0.1, -0.05) is 22.9 Å². The lowest BCUT2D eigenvalue weighted by atomic mass is 10.1. The molecule has 0 saturated heterocycles. The average Bonchev–Trinajstić information content (AvgIpc) is 1.62. The highest BCUT2D eigenvalue weighted by Gasteiger charge is 2.24. The highest BCUT2D eigenvalue weighted by atomic mass is 79.9. The molecule has 1 atom stereocenters. The normalized spacial score (nSPS) is 16.1. The van der Waals surface area contributed by atoms with Crippen molar-refractivity contribution >= 4 is 15.9 Å². The summed E-state index contributed by atoms with van der Waals surface area (Å²) in [5.41, 5.74) is -1.07. The maximum Gasteiger partial charge on any atom is 0.117 e. The first-order valence-corrected chi connectivity index (χ1v) is 3.73. The molecule has 0 aliphatic heterocycles. The van der Waals surface area contributed by atoms with Crippen molar-refractivity contribution < 1.29 is 4.39 Å². The van der Waals surface area contributed by atoms with E-state index in [-0.39, 0.29) is 4.83 Å². The standard InChI is InChI=1S/C6H12BrF/c1-4-5(7)6(2,3)8/h5H,4H2,1-3H3. The van der Waals surface area contributed by atoms with Crippen molar-refractivity contribution in [2.24, 2.45) is 0 Å². The molecule has 50 valence electrons. The van der Waals surface area contributed by atoms with Crippen LogP contribution in [0.25, 0.3) is 0 Å². The molecule has 0 N–H and O–H groups in total. The van der Waals surface area contributed by atoms with Gasteiger partial charge in [-0.25, -0.2) is 4.39 Å². The molecule has 0 nitrogen and oxygen atoms in total. The summed E-state index contributed by atoms with van der Waals surface area (Å²) in [5.74, 6) is 0. The van der Waals surface area contributed by atoms with E-state index in [1.165, 1.54) is 0 Å². The van der Waals surface area contributed by atoms with Gasteiger partial charge in [0.2, 0.25) is 0 Å². The molecular weight excluding hydrogens is 171 g/mol. The maximum atomic E-state index is 12.7. The van der Waals surface area contributed by atoms with Gasteiger partial charge in [0.05, 0.1) is 0 Å². The maximum absolute atomic E-state index is 12.7. The first-order chi connectivity index (χ1) is 3.48. The molecule has 0 fully saturated rings. The van der Waals surface area contributed by atoms with Crippen molar-refractivity contribution in [3.05, 3.63) is 0 Å². The first-order valence-electron chi connectivity index (χ1n) is 2.81. The molecule has 0 amide bonds. The van der Waals surface area contributed by atoms with Gasteiger partial charge in [-0.05, 0) is 20.3 Å². The minimum absolute atomic E-state index is 0.00463. The summed E-state index contributed by atoms with van der Waals surface area (Å²) < 4.78 is 12.7. The molecule has 0 heterocycles. The van der Waals surface area contributed by atoms with Gasteiger partial charge in [-0.3, -0.25) is 0 Å². The molecule has 0 aromatic rings. The van der Waals surface area contributed by atoms with Crippen molar-refractivity contribution in [3.63, 3.8) is 0 Å². The SMILES string of the molecule is CCC(Br)C(C)(C)F. The predicted molar refractivity (Wildman–Crippen MR) is 38.2 cm³/mol. The Morgan fingerprint density at radius 1 is 1.62 bits per heavy atom. The fourth-order valence-electron chi connectivity index (χ4n) is 0.485. The van der Waals surface area contributed by atoms with E-state index in [9.17, 15) is 4.39 Å². The smallest absolute Gasteiger partial charge is 0.117 e. The summed E-state index contributed by atoms with van der Waals surface area (Å²) in [6.45, 7) is 5.12. The zero-order valence-corrected chi connectivity index (χ0v) is 7.13. The van der Waals surface area contributed by atoms with Crippen molar-refractivity contribution in [1.29, 1.82) is 0 Å². The van der Waals surface area contributed by atoms with Crippen LogP contribution in [0.3, 0.4) is 0 Å². The van der Waals surface area contributed by atoms with E-state index in [1.807, 2.05) is 6.92 Å². The fourth-order valence-corrected chi connectivity index (χ4v) is 0.485. The molecule has 0 radical (unpaired) electrons. The summed E-state index contributed by atoms with van der Waals surface area (Å²) in [6, 6.07) is 0. The summed E-state index contributed by atoms with van der Waals surface area (Å²) in [5, 5.41) is 0. The van der Waals surface area contributed by atoms with Crippen LogP contribution >= 0.6 is 15.9 Å². The Labute approximate surface area is 58.6 Å². The molecule has 0 aromatic heterocycles. The van der Waals surface area contributed by atoms with Crippen LogP contribution in [-0.4, -0.2) is 10.5 Å². The van der Waals surface area contributed by atoms with Crippen molar-refractivity contribution in [2.75, 3.05) is 0 Å². The molecule has 0 rings (SSSR count). The third-order valence-electron chi connectivity index (χ3n) is 1.10. The highest BCUT2D eigenvalue weighted by molar-refractivity contribution is 9.09. The third kappa shape index (κ3) is 2.65. The summed E-state index contributed by atoms with van der Waals surface area (Å²) in [7, 11) is 0. The van der Waals surface area contributed by atoms with E-state index in [2.05, 4.69) is 15.9 Å². The Bertz CT molecular complexity index is 65.4. The van der Waals surface area contributed by atoms with E-state index in [0.29, 0.717) is 0 Å². The zero-order chi connectivity index (χ0) is 6.78. The monoisotopic (exact) mass is 182 g/mol. The van der Waals surface area contributed by atoms with Crippen molar-refractivity contribution in [1.82, 2.24) is 0 Å². The van der Waals surface area contributed by atoms with E-state index in [4.69, 9.17) is 0 Å². The van der Waals surface area contributed by atoms with Crippen LogP contribution in [0.15, 0.2) is 0 Å². The van der Waals surface area contributed by atoms with E-state index < -0.39 is 5.67 Å². The second-order valence-electron chi connectivity index (χ2n) is 2.44. The molecule has 2 heteroatoms. The average molecular weight is 183 g/mol. The second-order valence-corrected chi connectivity index (χ2v) is 3.55. The molecule has 0 aliphatic carbocycles. The van der Waals surface area contributed by atoms with Crippen LogP contribution in [0, 0.1) is 0 Å². The minimum atomic E-state index is -1.07. The lowest BCUT2D eigenvalue weighted by Crippen LogP contribution is -2.24. The Morgan fingerprint density at radius 3 is 2.00 bits per heavy atom. The number of hydrogen-bond donors (Lipinski definition) is 0. The number of halogens is 2. The van der Waals surface area contributed by atoms with Gasteiger partial charge < -0.3 is 0 Å². The molecule has 0 aromatic carbocycles. The van der Waals surface area contributed by atoms with Crippen molar-refractivity contribution in [2.45, 2.75) is 37.7 Å². The Kier molecular flexibility index (Phi) is 2.95. The van der Waals surface area contributed by atoms with E-state index in [0.717, 1.165) is 6.42 Å². The quantitative estimate of drug-likeness (QED) is 0.577. The van der Waals surface area contributed by atoms with Gasteiger partial charge in [0.1, 0.15) is 5.67 Å². The molecule has 0 aliphatic rings. The van der Waals surface area contributed by atoms with Crippen LogP contribution in [0.5, 0.6) is 0 Å². The van der Waals surface area contributed by atoms with Gasteiger partial charge >= 0.3 is 0 Å². The van der Waals surface area contributed by atoms with Crippen LogP contribution in [-0.2, 0) is 0 Å². The first kappa shape index (κ1) is 8.41. The predicted octanol–water partition coefficient (Wildman–Crippen LogP) is 2.91. The molecule has 1 unspecified atom stereocenters. The zero-order valence-electron chi connectivity index (χ0n) is 5.54. The largest absolute Gasteiger partial charge is 0.243 e. The third-order valence-corrected chi connectivity index (χ3v) is 2.84. The minimum Gasteiger partial charge on any atom is -0.243 e. The Balaban J connectivity index is 3.62. The van der Waals surface area contributed by atoms with Crippen LogP contribution in [0.4, 0.5) is 4.39 Å². The molecule has 8 heavy (non-hydrogen) atoms. The van der Waals surface area contributed by atoms with E-state index in [1.54, 1.807) is 13.8 Å². The lowest BCUT2D eigenvalue weighted by Gasteiger charge is -2.18. The van der Waals surface area contributed by atoms with Gasteiger partial charge in [0.15, 0.2) is 0 Å². The Morgan fingerprint density at radius 2 is 2.00 bits per heavy atom. The summed E-state index contributed by atoms with van der Waals surface area (Å²) in [6.07, 6.45) is 0.837. The van der Waals surface area contributed by atoms with Crippen molar-refractivity contribution in [3.8, 4) is 0 Å². The second kappa shape index (κ2) is 2.81. The molecule has 0 saturated carbocycles. The lowest BCUT2D eigenvalue weighted by molar-refractivity contribution is 0.211. The van der Waals surface area contributed by atoms with Crippen LogP contribution in [0.2, 0.25) is 0 Å². The van der Waals surface area contributed by atoms with Crippen LogP contribution < -0.4 is 0 Å². The molecule has 0 spiro atoms. The topological polar surface area (TPSA) is 0 Å². The summed E-state index contributed by atoms with van der Waals surface area (Å²) >= 11 is 3.22. The van der Waals surface area contributed by atoms with Crippen LogP contribution in [0.1, 0.15) is 27.2 Å². The summed E-state index contributed by atoms with van der Waals surface area (Å²) in [4.78, 5) is -0.00463. The van der Waals surface area contributed by atoms with E-state index >= 15 is 0 Å². The van der Waals surface area contributed by atoms with Gasteiger partial charge in [-0.15, -0.1) is 0 Å². The van der Waals surface area contributed by atoms with Gasteiger partial charge in [0, 0.05) is 4.83 Å². The fraction of sp³-hybridized carbons (Fsp3) is 1.00. The molecular formula is C6H12BrF.